The Hall–Kier alpha value is -2.25. The lowest BCUT2D eigenvalue weighted by molar-refractivity contribution is -0.150. The van der Waals surface area contributed by atoms with Gasteiger partial charge in [0, 0.05) is 30.3 Å². The van der Waals surface area contributed by atoms with E-state index in [1.54, 1.807) is 0 Å². The zero-order valence-electron chi connectivity index (χ0n) is 18.8. The second kappa shape index (κ2) is 12.1. The zero-order valence-corrected chi connectivity index (χ0v) is 20.5. The molecule has 0 radical (unpaired) electrons. The molecule has 2 amide bonds. The number of fused-ring (bicyclic) bond motifs is 1. The second-order valence-electron chi connectivity index (χ2n) is 7.61. The van der Waals surface area contributed by atoms with E-state index < -0.39 is 29.3 Å². The second-order valence-corrected chi connectivity index (χ2v) is 9.68. The van der Waals surface area contributed by atoms with Gasteiger partial charge in [-0.25, -0.2) is 4.79 Å². The van der Waals surface area contributed by atoms with Crippen molar-refractivity contribution in [1.82, 2.24) is 21.7 Å². The monoisotopic (exact) mass is 489 g/mol. The van der Waals surface area contributed by atoms with E-state index in [-0.39, 0.29) is 48.0 Å². The Kier molecular flexibility index (Phi) is 10.5. The van der Waals surface area contributed by atoms with Crippen LogP contribution in [0, 0.1) is 0 Å². The molecular weight excluding hydrogens is 458 g/mol. The molecule has 1 fully saturated rings. The summed E-state index contributed by atoms with van der Waals surface area (Å²) in [6.45, 7) is 8.87. The maximum atomic E-state index is 12.6. The summed E-state index contributed by atoms with van der Waals surface area (Å²) >= 11 is 2.58. The molecule has 0 saturated carbocycles. The van der Waals surface area contributed by atoms with Crippen LogP contribution in [-0.2, 0) is 23.9 Å². The number of nitrogens with zero attached hydrogens (tertiary/aromatic N) is 2. The molecular formula is C19H31N5O6S2. The highest BCUT2D eigenvalue weighted by Crippen LogP contribution is 2.40. The molecule has 6 N–H and O–H groups in total. The normalized spacial score (nSPS) is 20.4. The fourth-order valence-corrected chi connectivity index (χ4v) is 5.21. The van der Waals surface area contributed by atoms with Gasteiger partial charge in [0.2, 0.25) is 5.91 Å². The smallest absolute Gasteiger partial charge is 0.352 e. The largest absolute Gasteiger partial charge is 0.477 e. The van der Waals surface area contributed by atoms with Crippen LogP contribution < -0.4 is 16.8 Å². The van der Waals surface area contributed by atoms with E-state index in [1.807, 2.05) is 27.7 Å². The maximum Gasteiger partial charge on any atom is 0.352 e. The summed E-state index contributed by atoms with van der Waals surface area (Å²) in [7, 11) is 0. The van der Waals surface area contributed by atoms with Gasteiger partial charge in [-0.1, -0.05) is 11.8 Å². The quantitative estimate of drug-likeness (QED) is 0.166. The molecule has 11 nitrogen and oxygen atoms in total. The molecule has 0 spiro atoms. The van der Waals surface area contributed by atoms with E-state index in [4.69, 9.17) is 4.74 Å². The third kappa shape index (κ3) is 7.14. The summed E-state index contributed by atoms with van der Waals surface area (Å²) < 4.78 is 4.90. The lowest BCUT2D eigenvalue weighted by Gasteiger charge is -2.49. The van der Waals surface area contributed by atoms with E-state index in [9.17, 15) is 24.3 Å². The molecule has 0 aliphatic carbocycles. The van der Waals surface area contributed by atoms with E-state index in [1.165, 1.54) is 30.4 Å². The number of aliphatic carboxylic acids is 1. The first kappa shape index (κ1) is 27.8. The number of nitrogens with one attached hydrogen (secondary N) is 2. The SMILES string of the molecule is CC(=O)OCC1=C(C(=O)O)N2C(=O)[C@@H](NC(=O)CSC(=NC(C)C)NC(C)C)[C@H]2SC1.N. The predicted octanol–water partition coefficient (Wildman–Crippen LogP) is 0.946. The van der Waals surface area contributed by atoms with Crippen molar-refractivity contribution in [3.8, 4) is 0 Å². The van der Waals surface area contributed by atoms with E-state index in [2.05, 4.69) is 15.6 Å². The fraction of sp³-hybridized carbons (Fsp3) is 0.632. The van der Waals surface area contributed by atoms with Crippen molar-refractivity contribution in [3.63, 3.8) is 0 Å². The van der Waals surface area contributed by atoms with Crippen molar-refractivity contribution >= 4 is 52.4 Å². The average molecular weight is 490 g/mol. The molecule has 1 saturated heterocycles. The van der Waals surface area contributed by atoms with Gasteiger partial charge >= 0.3 is 11.9 Å². The third-order valence-electron chi connectivity index (χ3n) is 4.14. The van der Waals surface area contributed by atoms with Crippen molar-refractivity contribution in [2.45, 2.75) is 58.1 Å². The molecule has 2 aliphatic rings. The number of rotatable bonds is 8. The summed E-state index contributed by atoms with van der Waals surface area (Å²) in [5, 5.41) is 15.6. The van der Waals surface area contributed by atoms with Gasteiger partial charge in [0.25, 0.3) is 5.91 Å². The lowest BCUT2D eigenvalue weighted by atomic mass is 10.0. The Labute approximate surface area is 195 Å². The average Bonchev–Trinajstić information content (AvgIpc) is 2.66. The number of esters is 1. The molecule has 2 rings (SSSR count). The first-order valence-electron chi connectivity index (χ1n) is 9.81. The van der Waals surface area contributed by atoms with Gasteiger partial charge in [-0.05, 0) is 27.7 Å². The minimum atomic E-state index is -1.27. The summed E-state index contributed by atoms with van der Waals surface area (Å²) in [4.78, 5) is 53.4. The Morgan fingerprint density at radius 1 is 1.31 bits per heavy atom. The van der Waals surface area contributed by atoms with E-state index in [0.29, 0.717) is 10.7 Å². The first-order chi connectivity index (χ1) is 14.5. The number of thioether (sulfide) groups is 2. The summed E-state index contributed by atoms with van der Waals surface area (Å²) in [6.07, 6.45) is 0. The van der Waals surface area contributed by atoms with Crippen LogP contribution in [0.1, 0.15) is 34.6 Å². The molecule has 0 bridgehead atoms. The van der Waals surface area contributed by atoms with Crippen LogP contribution in [0.25, 0.3) is 0 Å². The molecule has 180 valence electrons. The fourth-order valence-electron chi connectivity index (χ4n) is 2.93. The summed E-state index contributed by atoms with van der Waals surface area (Å²) in [5.41, 5.74) is 0.175. The van der Waals surface area contributed by atoms with Gasteiger partial charge in [0.1, 0.15) is 23.7 Å². The first-order valence-corrected chi connectivity index (χ1v) is 11.8. The molecule has 0 aromatic rings. The number of carboxylic acids is 1. The van der Waals surface area contributed by atoms with E-state index in [0.717, 1.165) is 4.90 Å². The molecule has 2 aliphatic heterocycles. The van der Waals surface area contributed by atoms with Crippen molar-refractivity contribution < 1.29 is 29.0 Å². The van der Waals surface area contributed by atoms with Gasteiger partial charge in [-0.15, -0.1) is 11.8 Å². The number of hydrogen-bond donors (Lipinski definition) is 4. The number of carbonyl (C=O) groups excluding carboxylic acids is 3. The zero-order chi connectivity index (χ0) is 23.3. The predicted molar refractivity (Wildman–Crippen MR) is 125 cm³/mol. The molecule has 13 heteroatoms. The van der Waals surface area contributed by atoms with Crippen LogP contribution in [-0.4, -0.2) is 80.5 Å². The van der Waals surface area contributed by atoms with Gasteiger partial charge in [0.05, 0.1) is 5.75 Å². The minimum Gasteiger partial charge on any atom is -0.477 e. The molecule has 0 aromatic heterocycles. The maximum absolute atomic E-state index is 12.6. The third-order valence-corrected chi connectivity index (χ3v) is 6.39. The van der Waals surface area contributed by atoms with Crippen molar-refractivity contribution in [1.29, 1.82) is 0 Å². The number of carboxylic acid groups (broad SMARTS) is 1. The Morgan fingerprint density at radius 3 is 2.50 bits per heavy atom. The van der Waals surface area contributed by atoms with Gasteiger partial charge < -0.3 is 26.6 Å². The standard InChI is InChI=1S/C19H28N4O6S2.H3N/c1-9(2)20-19(21-10(3)4)31-8-13(25)22-14-16(26)23-15(18(27)28)12(6-29-11(5)24)7-30-17(14)23;/h9-10,14,17H,6-8H2,1-5H3,(H,20,21)(H,22,25)(H,27,28);1H3/t14-,17-;/m1./s1. The van der Waals surface area contributed by atoms with Crippen LogP contribution in [0.3, 0.4) is 0 Å². The number of β-lactam (4-membered cyclic amide) rings is 1. The van der Waals surface area contributed by atoms with Gasteiger partial charge in [-0.2, -0.15) is 0 Å². The van der Waals surface area contributed by atoms with Crippen molar-refractivity contribution in [2.24, 2.45) is 4.99 Å². The van der Waals surface area contributed by atoms with Crippen LogP contribution in [0.4, 0.5) is 0 Å². The molecule has 0 unspecified atom stereocenters. The molecule has 32 heavy (non-hydrogen) atoms. The van der Waals surface area contributed by atoms with Crippen molar-refractivity contribution in [2.75, 3.05) is 18.1 Å². The summed E-state index contributed by atoms with van der Waals surface area (Å²) in [5.74, 6) is -2.27. The minimum absolute atomic E-state index is 0. The summed E-state index contributed by atoms with van der Waals surface area (Å²) in [6, 6.07) is -0.568. The Bertz CT molecular complexity index is 814. The Balaban J connectivity index is 0.00000512. The number of amides is 2. The van der Waals surface area contributed by atoms with Crippen LogP contribution in [0.15, 0.2) is 16.3 Å². The number of hydrogen-bond acceptors (Lipinski definition) is 9. The Morgan fingerprint density at radius 2 is 1.97 bits per heavy atom. The number of amidine groups is 1. The van der Waals surface area contributed by atoms with Gasteiger partial charge in [0.15, 0.2) is 5.17 Å². The lowest BCUT2D eigenvalue weighted by Crippen LogP contribution is -2.70. The van der Waals surface area contributed by atoms with Crippen LogP contribution >= 0.6 is 23.5 Å². The molecule has 0 aromatic carbocycles. The highest BCUT2D eigenvalue weighted by molar-refractivity contribution is 8.14. The molecule has 2 heterocycles. The van der Waals surface area contributed by atoms with Gasteiger partial charge in [-0.3, -0.25) is 24.3 Å². The van der Waals surface area contributed by atoms with E-state index >= 15 is 0 Å². The number of aliphatic imine (C=N–C) groups is 1. The highest BCUT2D eigenvalue weighted by atomic mass is 32.2. The van der Waals surface area contributed by atoms with Crippen molar-refractivity contribution in [3.05, 3.63) is 11.3 Å². The van der Waals surface area contributed by atoms with Crippen LogP contribution in [0.2, 0.25) is 0 Å². The van der Waals surface area contributed by atoms with Crippen LogP contribution in [0.5, 0.6) is 0 Å². The molecule has 2 atom stereocenters. The number of carbonyl (C=O) groups is 4. The topological polar surface area (TPSA) is 172 Å². The number of ether oxygens (including phenoxy) is 1. The highest BCUT2D eigenvalue weighted by Gasteiger charge is 2.54.